The molecule has 0 amide bonds. The standard InChI is InChI=1S/C16H23NO3/c1-4-19-15-7-5-14(6-8-15)16(18)10-17-9-13(3)20-11-12(17)2/h5-8,12-13H,4,9-11H2,1-3H3. The lowest BCUT2D eigenvalue weighted by molar-refractivity contribution is -0.0460. The van der Waals surface area contributed by atoms with E-state index in [2.05, 4.69) is 11.8 Å². The summed E-state index contributed by atoms with van der Waals surface area (Å²) in [7, 11) is 0. The lowest BCUT2D eigenvalue weighted by atomic mass is 10.1. The van der Waals surface area contributed by atoms with E-state index in [0.717, 1.165) is 17.9 Å². The molecule has 0 radical (unpaired) electrons. The van der Waals surface area contributed by atoms with Crippen LogP contribution in [-0.4, -0.2) is 49.1 Å². The quantitative estimate of drug-likeness (QED) is 0.775. The van der Waals surface area contributed by atoms with Crippen LogP contribution in [0.15, 0.2) is 24.3 Å². The number of morpholine rings is 1. The van der Waals surface area contributed by atoms with Gasteiger partial charge in [0.1, 0.15) is 5.75 Å². The Hall–Kier alpha value is -1.39. The number of ketones is 1. The summed E-state index contributed by atoms with van der Waals surface area (Å²) >= 11 is 0. The average molecular weight is 277 g/mol. The second-order valence-electron chi connectivity index (χ2n) is 5.30. The highest BCUT2D eigenvalue weighted by molar-refractivity contribution is 5.97. The van der Waals surface area contributed by atoms with Gasteiger partial charge in [-0.2, -0.15) is 0 Å². The summed E-state index contributed by atoms with van der Waals surface area (Å²) in [5.41, 5.74) is 0.736. The SMILES string of the molecule is CCOc1ccc(C(=O)CN2CC(C)OCC2C)cc1. The van der Waals surface area contributed by atoms with Gasteiger partial charge in [-0.1, -0.05) is 0 Å². The van der Waals surface area contributed by atoms with Gasteiger partial charge < -0.3 is 9.47 Å². The Morgan fingerprint density at radius 1 is 1.35 bits per heavy atom. The highest BCUT2D eigenvalue weighted by Crippen LogP contribution is 2.15. The number of nitrogens with zero attached hydrogens (tertiary/aromatic N) is 1. The molecule has 1 heterocycles. The van der Waals surface area contributed by atoms with Crippen molar-refractivity contribution in [2.24, 2.45) is 0 Å². The molecule has 4 heteroatoms. The van der Waals surface area contributed by atoms with Crippen LogP contribution in [0.5, 0.6) is 5.75 Å². The minimum Gasteiger partial charge on any atom is -0.494 e. The molecule has 0 N–H and O–H groups in total. The maximum absolute atomic E-state index is 12.3. The number of carbonyl (C=O) groups is 1. The van der Waals surface area contributed by atoms with E-state index in [-0.39, 0.29) is 17.9 Å². The highest BCUT2D eigenvalue weighted by Gasteiger charge is 2.25. The summed E-state index contributed by atoms with van der Waals surface area (Å²) in [5, 5.41) is 0. The van der Waals surface area contributed by atoms with Crippen LogP contribution in [0, 0.1) is 0 Å². The van der Waals surface area contributed by atoms with Crippen molar-refractivity contribution in [2.75, 3.05) is 26.3 Å². The molecular formula is C16H23NO3. The van der Waals surface area contributed by atoms with Crippen LogP contribution < -0.4 is 4.74 Å². The van der Waals surface area contributed by atoms with Gasteiger partial charge in [0.25, 0.3) is 0 Å². The fraction of sp³-hybridized carbons (Fsp3) is 0.562. The van der Waals surface area contributed by atoms with E-state index in [4.69, 9.17) is 9.47 Å². The number of benzene rings is 1. The Kier molecular flexibility index (Phi) is 5.15. The molecule has 0 aromatic heterocycles. The molecule has 4 nitrogen and oxygen atoms in total. The van der Waals surface area contributed by atoms with Gasteiger partial charge >= 0.3 is 0 Å². The van der Waals surface area contributed by atoms with Gasteiger partial charge in [-0.3, -0.25) is 9.69 Å². The topological polar surface area (TPSA) is 38.8 Å². The lowest BCUT2D eigenvalue weighted by Gasteiger charge is -2.36. The maximum atomic E-state index is 12.3. The molecule has 2 unspecified atom stereocenters. The van der Waals surface area contributed by atoms with E-state index in [0.29, 0.717) is 19.8 Å². The van der Waals surface area contributed by atoms with Crippen molar-refractivity contribution in [2.45, 2.75) is 32.9 Å². The number of Topliss-reactive ketones (excluding diaryl/α,β-unsaturated/α-hetero) is 1. The summed E-state index contributed by atoms with van der Waals surface area (Å²) in [6, 6.07) is 7.66. The molecule has 1 fully saturated rings. The van der Waals surface area contributed by atoms with Gasteiger partial charge in [0, 0.05) is 18.2 Å². The number of carbonyl (C=O) groups excluding carboxylic acids is 1. The van der Waals surface area contributed by atoms with Crippen molar-refractivity contribution in [1.82, 2.24) is 4.90 Å². The van der Waals surface area contributed by atoms with E-state index in [1.165, 1.54) is 0 Å². The monoisotopic (exact) mass is 277 g/mol. The molecule has 110 valence electrons. The third-order valence-corrected chi connectivity index (χ3v) is 3.57. The second kappa shape index (κ2) is 6.86. The Morgan fingerprint density at radius 3 is 2.70 bits per heavy atom. The second-order valence-corrected chi connectivity index (χ2v) is 5.30. The van der Waals surface area contributed by atoms with Crippen LogP contribution in [-0.2, 0) is 4.74 Å². The van der Waals surface area contributed by atoms with Crippen molar-refractivity contribution >= 4 is 5.78 Å². The molecule has 1 aromatic carbocycles. The molecule has 0 saturated carbocycles. The molecule has 2 atom stereocenters. The molecule has 0 bridgehead atoms. The summed E-state index contributed by atoms with van der Waals surface area (Å²) in [4.78, 5) is 14.5. The molecule has 1 aliphatic rings. The first kappa shape index (κ1) is 15.0. The predicted molar refractivity (Wildman–Crippen MR) is 78.4 cm³/mol. The highest BCUT2D eigenvalue weighted by atomic mass is 16.5. The molecule has 1 aromatic rings. The van der Waals surface area contributed by atoms with E-state index >= 15 is 0 Å². The first-order valence-electron chi connectivity index (χ1n) is 7.22. The number of hydrogen-bond donors (Lipinski definition) is 0. The van der Waals surface area contributed by atoms with E-state index in [9.17, 15) is 4.79 Å². The molecule has 0 spiro atoms. The zero-order chi connectivity index (χ0) is 14.5. The first-order chi connectivity index (χ1) is 9.60. The largest absolute Gasteiger partial charge is 0.494 e. The van der Waals surface area contributed by atoms with Crippen LogP contribution in [0.1, 0.15) is 31.1 Å². The summed E-state index contributed by atoms with van der Waals surface area (Å²) in [6.07, 6.45) is 0.194. The van der Waals surface area contributed by atoms with Crippen LogP contribution in [0.25, 0.3) is 0 Å². The van der Waals surface area contributed by atoms with Gasteiger partial charge in [0.2, 0.25) is 0 Å². The van der Waals surface area contributed by atoms with Crippen LogP contribution >= 0.6 is 0 Å². The predicted octanol–water partition coefficient (Wildman–Crippen LogP) is 2.38. The van der Waals surface area contributed by atoms with E-state index < -0.39 is 0 Å². The smallest absolute Gasteiger partial charge is 0.176 e. The van der Waals surface area contributed by atoms with Gasteiger partial charge in [0.15, 0.2) is 5.78 Å². The normalized spacial score (nSPS) is 23.6. The Labute approximate surface area is 120 Å². The van der Waals surface area contributed by atoms with Gasteiger partial charge in [-0.05, 0) is 45.0 Å². The first-order valence-corrected chi connectivity index (χ1v) is 7.22. The average Bonchev–Trinajstić information content (AvgIpc) is 2.44. The van der Waals surface area contributed by atoms with Crippen molar-refractivity contribution in [1.29, 1.82) is 0 Å². The van der Waals surface area contributed by atoms with Crippen molar-refractivity contribution in [3.05, 3.63) is 29.8 Å². The molecule has 2 rings (SSSR count). The minimum atomic E-state index is 0.147. The summed E-state index contributed by atoms with van der Waals surface area (Å²) in [5.74, 6) is 0.950. The van der Waals surface area contributed by atoms with Crippen molar-refractivity contribution in [3.8, 4) is 5.75 Å². The Bertz CT molecular complexity index is 444. The molecular weight excluding hydrogens is 254 g/mol. The third kappa shape index (κ3) is 3.81. The molecule has 1 saturated heterocycles. The van der Waals surface area contributed by atoms with Gasteiger partial charge in [0.05, 0.1) is 25.9 Å². The number of rotatable bonds is 5. The zero-order valence-corrected chi connectivity index (χ0v) is 12.5. The summed E-state index contributed by atoms with van der Waals surface area (Å²) in [6.45, 7) is 8.67. The number of hydrogen-bond acceptors (Lipinski definition) is 4. The molecule has 0 aliphatic carbocycles. The third-order valence-electron chi connectivity index (χ3n) is 3.57. The van der Waals surface area contributed by atoms with Gasteiger partial charge in [-0.25, -0.2) is 0 Å². The minimum absolute atomic E-state index is 0.147. The number of ether oxygens (including phenoxy) is 2. The fourth-order valence-corrected chi connectivity index (χ4v) is 2.37. The Balaban J connectivity index is 1.96. The van der Waals surface area contributed by atoms with E-state index in [1.54, 1.807) is 0 Å². The van der Waals surface area contributed by atoms with Crippen molar-refractivity contribution in [3.63, 3.8) is 0 Å². The maximum Gasteiger partial charge on any atom is 0.176 e. The molecule has 20 heavy (non-hydrogen) atoms. The fourth-order valence-electron chi connectivity index (χ4n) is 2.37. The van der Waals surface area contributed by atoms with Crippen LogP contribution in [0.3, 0.4) is 0 Å². The lowest BCUT2D eigenvalue weighted by Crippen LogP contribution is -2.49. The zero-order valence-electron chi connectivity index (χ0n) is 12.5. The van der Waals surface area contributed by atoms with Crippen LogP contribution in [0.4, 0.5) is 0 Å². The van der Waals surface area contributed by atoms with Crippen molar-refractivity contribution < 1.29 is 14.3 Å². The van der Waals surface area contributed by atoms with Crippen LogP contribution in [0.2, 0.25) is 0 Å². The Morgan fingerprint density at radius 2 is 2.05 bits per heavy atom. The summed E-state index contributed by atoms with van der Waals surface area (Å²) < 4.78 is 11.0. The van der Waals surface area contributed by atoms with Gasteiger partial charge in [-0.15, -0.1) is 0 Å². The molecule has 1 aliphatic heterocycles. The van der Waals surface area contributed by atoms with E-state index in [1.807, 2.05) is 38.1 Å².